The molecule has 0 spiro atoms. The van der Waals surface area contributed by atoms with Gasteiger partial charge in [0.15, 0.2) is 0 Å². The second-order valence-corrected chi connectivity index (χ2v) is 3.63. The number of aromatic nitrogens is 1. The predicted molar refractivity (Wildman–Crippen MR) is 54.4 cm³/mol. The number of rotatable bonds is 4. The van der Waals surface area contributed by atoms with E-state index in [0.29, 0.717) is 5.76 Å². The fraction of sp³-hybridized carbons (Fsp3) is 0.600. The maximum absolute atomic E-state index is 11.4. The highest BCUT2D eigenvalue weighted by atomic mass is 16.5. The van der Waals surface area contributed by atoms with Crippen molar-refractivity contribution in [1.82, 2.24) is 10.5 Å². The van der Waals surface area contributed by atoms with E-state index in [1.807, 2.05) is 0 Å². The van der Waals surface area contributed by atoms with Gasteiger partial charge in [0.25, 0.3) is 0 Å². The fourth-order valence-electron chi connectivity index (χ4n) is 1.24. The van der Waals surface area contributed by atoms with Crippen molar-refractivity contribution in [2.45, 2.75) is 33.3 Å². The summed E-state index contributed by atoms with van der Waals surface area (Å²) < 4.78 is 4.94. The van der Waals surface area contributed by atoms with Crippen LogP contribution < -0.4 is 5.32 Å². The Kier molecular flexibility index (Phi) is 3.85. The van der Waals surface area contributed by atoms with E-state index in [1.54, 1.807) is 20.8 Å². The molecule has 0 unspecified atom stereocenters. The van der Waals surface area contributed by atoms with Gasteiger partial charge in [-0.05, 0) is 20.8 Å². The minimum Gasteiger partial charge on any atom is -0.392 e. The molecular formula is C10H16N2O3. The van der Waals surface area contributed by atoms with Crippen LogP contribution in [0.1, 0.15) is 23.9 Å². The summed E-state index contributed by atoms with van der Waals surface area (Å²) >= 11 is 0. The van der Waals surface area contributed by atoms with Gasteiger partial charge in [0.05, 0.1) is 18.2 Å². The molecule has 1 atom stereocenters. The predicted octanol–water partition coefficient (Wildman–Crippen LogP) is 0.331. The molecule has 1 aromatic heterocycles. The van der Waals surface area contributed by atoms with Crippen molar-refractivity contribution >= 4 is 5.91 Å². The largest absolute Gasteiger partial charge is 0.392 e. The topological polar surface area (TPSA) is 75.4 Å². The maximum Gasteiger partial charge on any atom is 0.224 e. The average molecular weight is 212 g/mol. The van der Waals surface area contributed by atoms with Gasteiger partial charge in [0.2, 0.25) is 5.91 Å². The van der Waals surface area contributed by atoms with Crippen LogP contribution in [0.3, 0.4) is 0 Å². The first kappa shape index (κ1) is 11.7. The van der Waals surface area contributed by atoms with Crippen LogP contribution in [0.25, 0.3) is 0 Å². The Morgan fingerprint density at radius 3 is 2.73 bits per heavy atom. The average Bonchev–Trinajstić information content (AvgIpc) is 2.46. The van der Waals surface area contributed by atoms with Gasteiger partial charge < -0.3 is 14.9 Å². The summed E-state index contributed by atoms with van der Waals surface area (Å²) in [4.78, 5) is 11.4. The van der Waals surface area contributed by atoms with Crippen molar-refractivity contribution in [1.29, 1.82) is 0 Å². The van der Waals surface area contributed by atoms with Gasteiger partial charge in [-0.2, -0.15) is 0 Å². The van der Waals surface area contributed by atoms with Crippen molar-refractivity contribution in [2.24, 2.45) is 0 Å². The molecule has 0 aliphatic carbocycles. The first-order valence-electron chi connectivity index (χ1n) is 4.87. The number of nitrogens with zero attached hydrogens (tertiary/aromatic N) is 1. The van der Waals surface area contributed by atoms with Crippen molar-refractivity contribution in [3.63, 3.8) is 0 Å². The van der Waals surface area contributed by atoms with Gasteiger partial charge in [0.1, 0.15) is 5.76 Å². The molecule has 0 aromatic carbocycles. The smallest absolute Gasteiger partial charge is 0.224 e. The lowest BCUT2D eigenvalue weighted by atomic mass is 10.1. The molecule has 2 N–H and O–H groups in total. The summed E-state index contributed by atoms with van der Waals surface area (Å²) in [6, 6.07) is 0. The highest BCUT2D eigenvalue weighted by Gasteiger charge is 2.13. The Morgan fingerprint density at radius 1 is 1.60 bits per heavy atom. The SMILES string of the molecule is Cc1noc(C)c1CC(=O)NC[C@@H](C)O. The molecule has 0 radical (unpaired) electrons. The van der Waals surface area contributed by atoms with E-state index in [1.165, 1.54) is 0 Å². The van der Waals surface area contributed by atoms with E-state index >= 15 is 0 Å². The molecule has 15 heavy (non-hydrogen) atoms. The van der Waals surface area contributed by atoms with Crippen molar-refractivity contribution in [2.75, 3.05) is 6.54 Å². The number of hydrogen-bond acceptors (Lipinski definition) is 4. The zero-order valence-corrected chi connectivity index (χ0v) is 9.20. The minimum absolute atomic E-state index is 0.134. The quantitative estimate of drug-likeness (QED) is 0.754. The highest BCUT2D eigenvalue weighted by Crippen LogP contribution is 2.12. The molecule has 0 saturated carbocycles. The molecule has 1 aromatic rings. The zero-order chi connectivity index (χ0) is 11.4. The van der Waals surface area contributed by atoms with E-state index in [2.05, 4.69) is 10.5 Å². The third-order valence-corrected chi connectivity index (χ3v) is 2.11. The number of aliphatic hydroxyl groups is 1. The monoisotopic (exact) mass is 212 g/mol. The van der Waals surface area contributed by atoms with Gasteiger partial charge in [-0.3, -0.25) is 4.79 Å². The molecule has 84 valence electrons. The van der Waals surface area contributed by atoms with E-state index in [4.69, 9.17) is 9.63 Å². The molecule has 1 rings (SSSR count). The van der Waals surface area contributed by atoms with Gasteiger partial charge in [-0.25, -0.2) is 0 Å². The van der Waals surface area contributed by atoms with Crippen LogP contribution in [-0.2, 0) is 11.2 Å². The van der Waals surface area contributed by atoms with Gasteiger partial charge >= 0.3 is 0 Å². The normalized spacial score (nSPS) is 12.5. The fourth-order valence-corrected chi connectivity index (χ4v) is 1.24. The Labute approximate surface area is 88.5 Å². The summed E-state index contributed by atoms with van der Waals surface area (Å²) in [5, 5.41) is 15.4. The van der Waals surface area contributed by atoms with Crippen LogP contribution in [-0.4, -0.2) is 28.8 Å². The van der Waals surface area contributed by atoms with Gasteiger partial charge in [-0.15, -0.1) is 0 Å². The molecule has 1 amide bonds. The second kappa shape index (κ2) is 4.93. The summed E-state index contributed by atoms with van der Waals surface area (Å²) in [7, 11) is 0. The molecule has 0 bridgehead atoms. The number of nitrogens with one attached hydrogen (secondary N) is 1. The number of carbonyl (C=O) groups is 1. The molecule has 5 heteroatoms. The van der Waals surface area contributed by atoms with Crippen LogP contribution in [0.15, 0.2) is 4.52 Å². The molecule has 0 saturated heterocycles. The summed E-state index contributed by atoms with van der Waals surface area (Å²) in [6.45, 7) is 5.46. The lowest BCUT2D eigenvalue weighted by Gasteiger charge is -2.06. The van der Waals surface area contributed by atoms with Crippen molar-refractivity contribution in [3.8, 4) is 0 Å². The zero-order valence-electron chi connectivity index (χ0n) is 9.20. The minimum atomic E-state index is -0.529. The Balaban J connectivity index is 2.51. The molecule has 0 aliphatic heterocycles. The molecule has 5 nitrogen and oxygen atoms in total. The second-order valence-electron chi connectivity index (χ2n) is 3.63. The van der Waals surface area contributed by atoms with Crippen LogP contribution in [0.2, 0.25) is 0 Å². The van der Waals surface area contributed by atoms with Gasteiger partial charge in [0, 0.05) is 12.1 Å². The third kappa shape index (κ3) is 3.36. The Bertz CT molecular complexity index is 325. The summed E-state index contributed by atoms with van der Waals surface area (Å²) in [5.41, 5.74) is 1.55. The first-order valence-corrected chi connectivity index (χ1v) is 4.87. The number of aryl methyl sites for hydroxylation is 2. The number of carbonyl (C=O) groups excluding carboxylic acids is 1. The Hall–Kier alpha value is -1.36. The van der Waals surface area contributed by atoms with Crippen LogP contribution in [0.5, 0.6) is 0 Å². The summed E-state index contributed by atoms with van der Waals surface area (Å²) in [6.07, 6.45) is -0.285. The van der Waals surface area contributed by atoms with Crippen LogP contribution in [0, 0.1) is 13.8 Å². The lowest BCUT2D eigenvalue weighted by molar-refractivity contribution is -0.120. The van der Waals surface area contributed by atoms with E-state index in [-0.39, 0.29) is 18.9 Å². The molecular weight excluding hydrogens is 196 g/mol. The van der Waals surface area contributed by atoms with Crippen LogP contribution >= 0.6 is 0 Å². The Morgan fingerprint density at radius 2 is 2.27 bits per heavy atom. The van der Waals surface area contributed by atoms with Crippen molar-refractivity contribution < 1.29 is 14.4 Å². The van der Waals surface area contributed by atoms with E-state index < -0.39 is 6.10 Å². The number of aliphatic hydroxyl groups excluding tert-OH is 1. The number of hydrogen-bond donors (Lipinski definition) is 2. The first-order chi connectivity index (χ1) is 7.00. The summed E-state index contributed by atoms with van der Waals surface area (Å²) in [5.74, 6) is 0.532. The third-order valence-electron chi connectivity index (χ3n) is 2.11. The van der Waals surface area contributed by atoms with Crippen LogP contribution in [0.4, 0.5) is 0 Å². The highest BCUT2D eigenvalue weighted by molar-refractivity contribution is 5.78. The standard InChI is InChI=1S/C10H16N2O3/c1-6(13)5-11-10(14)4-9-7(2)12-15-8(9)3/h6,13H,4-5H2,1-3H3,(H,11,14)/t6-/m1/s1. The molecule has 0 aliphatic rings. The molecule has 1 heterocycles. The maximum atomic E-state index is 11.4. The van der Waals surface area contributed by atoms with E-state index in [0.717, 1.165) is 11.3 Å². The number of amides is 1. The van der Waals surface area contributed by atoms with Crippen molar-refractivity contribution in [3.05, 3.63) is 17.0 Å². The molecule has 0 fully saturated rings. The van der Waals surface area contributed by atoms with Gasteiger partial charge in [-0.1, -0.05) is 5.16 Å². The van der Waals surface area contributed by atoms with E-state index in [9.17, 15) is 4.79 Å². The lowest BCUT2D eigenvalue weighted by Crippen LogP contribution is -2.31.